The molecule has 1 aromatic carbocycles. The molecule has 128 valence electrons. The Balaban J connectivity index is 2.25. The average Bonchev–Trinajstić information content (AvgIpc) is 2.49. The number of aryl methyl sites for hydroxylation is 1. The molecule has 1 heterocycles. The molecule has 1 amide bonds. The van der Waals surface area contributed by atoms with Crippen molar-refractivity contribution < 1.29 is 17.6 Å². The fraction of sp³-hybridized carbons (Fsp3) is 0.200. The fourth-order valence-corrected chi connectivity index (χ4v) is 2.82. The number of nitrogens with zero attached hydrogens (tertiary/aromatic N) is 1. The average molecular weight is 417 g/mol. The van der Waals surface area contributed by atoms with E-state index in [-0.39, 0.29) is 23.5 Å². The van der Waals surface area contributed by atoms with Crippen LogP contribution < -0.4 is 10.9 Å². The topological polar surface area (TPSA) is 85.2 Å². The van der Waals surface area contributed by atoms with Gasteiger partial charge in [0.15, 0.2) is 0 Å². The lowest BCUT2D eigenvalue weighted by Crippen LogP contribution is -2.27. The van der Waals surface area contributed by atoms with Gasteiger partial charge in [-0.05, 0) is 30.3 Å². The fourth-order valence-electron chi connectivity index (χ4n) is 1.93. The highest BCUT2D eigenvalue weighted by atomic mass is 79.9. The SMILES string of the molecule is CS(=O)(=O)CCn1cccc(NC(=O)c2cc(Br)ccc2F)c1=O. The van der Waals surface area contributed by atoms with Crippen LogP contribution in [0.5, 0.6) is 0 Å². The quantitative estimate of drug-likeness (QED) is 0.807. The second-order valence-electron chi connectivity index (χ2n) is 5.13. The highest BCUT2D eigenvalue weighted by molar-refractivity contribution is 9.10. The predicted octanol–water partition coefficient (Wildman–Crippen LogP) is 2.05. The molecule has 0 saturated heterocycles. The van der Waals surface area contributed by atoms with E-state index < -0.39 is 27.1 Å². The summed E-state index contributed by atoms with van der Waals surface area (Å²) in [5, 5.41) is 2.35. The van der Waals surface area contributed by atoms with Gasteiger partial charge in [0, 0.05) is 23.5 Å². The van der Waals surface area contributed by atoms with Gasteiger partial charge in [0.05, 0.1) is 11.3 Å². The zero-order valence-corrected chi connectivity index (χ0v) is 15.0. The van der Waals surface area contributed by atoms with Crippen LogP contribution in [0.4, 0.5) is 10.1 Å². The molecule has 9 heteroatoms. The van der Waals surface area contributed by atoms with Gasteiger partial charge in [0.2, 0.25) is 0 Å². The molecule has 0 radical (unpaired) electrons. The third kappa shape index (κ3) is 4.75. The highest BCUT2D eigenvalue weighted by Crippen LogP contribution is 2.16. The summed E-state index contributed by atoms with van der Waals surface area (Å²) in [6.07, 6.45) is 2.49. The maximum atomic E-state index is 13.7. The van der Waals surface area contributed by atoms with E-state index in [4.69, 9.17) is 0 Å². The molecule has 24 heavy (non-hydrogen) atoms. The first-order chi connectivity index (χ1) is 11.2. The van der Waals surface area contributed by atoms with Gasteiger partial charge < -0.3 is 9.88 Å². The molecule has 0 unspecified atom stereocenters. The van der Waals surface area contributed by atoms with Crippen LogP contribution in [0.2, 0.25) is 0 Å². The van der Waals surface area contributed by atoms with Gasteiger partial charge in [-0.25, -0.2) is 12.8 Å². The van der Waals surface area contributed by atoms with Crippen LogP contribution in [0.1, 0.15) is 10.4 Å². The number of benzene rings is 1. The Kier molecular flexibility index (Phi) is 5.55. The summed E-state index contributed by atoms with van der Waals surface area (Å²) < 4.78 is 37.8. The first-order valence-electron chi connectivity index (χ1n) is 6.81. The molecule has 0 aliphatic rings. The summed E-state index contributed by atoms with van der Waals surface area (Å²) in [5.74, 6) is -1.69. The Morgan fingerprint density at radius 1 is 1.33 bits per heavy atom. The summed E-state index contributed by atoms with van der Waals surface area (Å²) in [4.78, 5) is 24.4. The van der Waals surface area contributed by atoms with Crippen molar-refractivity contribution in [2.24, 2.45) is 0 Å². The van der Waals surface area contributed by atoms with E-state index in [1.165, 1.54) is 35.0 Å². The normalized spacial score (nSPS) is 11.3. The maximum Gasteiger partial charge on any atom is 0.274 e. The van der Waals surface area contributed by atoms with Gasteiger partial charge in [-0.1, -0.05) is 15.9 Å². The molecule has 2 rings (SSSR count). The van der Waals surface area contributed by atoms with Crippen molar-refractivity contribution in [1.29, 1.82) is 0 Å². The van der Waals surface area contributed by atoms with E-state index in [0.29, 0.717) is 4.47 Å². The molecule has 0 fully saturated rings. The van der Waals surface area contributed by atoms with Crippen LogP contribution in [-0.4, -0.2) is 30.9 Å². The lowest BCUT2D eigenvalue weighted by Gasteiger charge is -2.09. The minimum absolute atomic E-state index is 0.0351. The maximum absolute atomic E-state index is 13.7. The molecule has 6 nitrogen and oxygen atoms in total. The van der Waals surface area contributed by atoms with E-state index >= 15 is 0 Å². The largest absolute Gasteiger partial charge is 0.317 e. The lowest BCUT2D eigenvalue weighted by molar-refractivity contribution is 0.102. The summed E-state index contributed by atoms with van der Waals surface area (Å²) >= 11 is 3.15. The standard InChI is InChI=1S/C15H14BrFN2O4S/c1-24(22,23)8-7-19-6-2-3-13(15(19)21)18-14(20)11-9-10(16)4-5-12(11)17/h2-6,9H,7-8H2,1H3,(H,18,20). The minimum atomic E-state index is -3.23. The van der Waals surface area contributed by atoms with Crippen molar-refractivity contribution in [2.75, 3.05) is 17.3 Å². The van der Waals surface area contributed by atoms with Crippen LogP contribution in [-0.2, 0) is 16.4 Å². The summed E-state index contributed by atoms with van der Waals surface area (Å²) in [6, 6.07) is 6.75. The molecule has 0 atom stereocenters. The number of hydrogen-bond donors (Lipinski definition) is 1. The van der Waals surface area contributed by atoms with Crippen molar-refractivity contribution in [2.45, 2.75) is 6.54 Å². The molecular weight excluding hydrogens is 403 g/mol. The second-order valence-corrected chi connectivity index (χ2v) is 8.30. The Hall–Kier alpha value is -2.00. The Labute approximate surface area is 146 Å². The summed E-state index contributed by atoms with van der Waals surface area (Å²) in [7, 11) is -3.23. The molecule has 0 spiro atoms. The van der Waals surface area contributed by atoms with Crippen LogP contribution >= 0.6 is 15.9 Å². The number of rotatable bonds is 5. The zero-order chi connectivity index (χ0) is 17.9. The third-order valence-corrected chi connectivity index (χ3v) is 4.56. The Morgan fingerprint density at radius 3 is 2.71 bits per heavy atom. The molecule has 1 aromatic heterocycles. The molecular formula is C15H14BrFN2O4S. The number of pyridine rings is 1. The van der Waals surface area contributed by atoms with E-state index in [2.05, 4.69) is 21.2 Å². The van der Waals surface area contributed by atoms with E-state index in [1.807, 2.05) is 0 Å². The summed E-state index contributed by atoms with van der Waals surface area (Å²) in [5.41, 5.74) is -0.837. The molecule has 2 aromatic rings. The van der Waals surface area contributed by atoms with Gasteiger partial charge in [-0.3, -0.25) is 9.59 Å². The van der Waals surface area contributed by atoms with E-state index in [9.17, 15) is 22.4 Å². The number of anilines is 1. The first-order valence-corrected chi connectivity index (χ1v) is 9.66. The number of nitrogens with one attached hydrogen (secondary N) is 1. The van der Waals surface area contributed by atoms with Crippen molar-refractivity contribution in [3.8, 4) is 0 Å². The van der Waals surface area contributed by atoms with Crippen LogP contribution in [0.25, 0.3) is 0 Å². The Morgan fingerprint density at radius 2 is 2.04 bits per heavy atom. The molecule has 0 bridgehead atoms. The molecule has 0 aliphatic heterocycles. The van der Waals surface area contributed by atoms with Gasteiger partial charge in [0.25, 0.3) is 11.5 Å². The zero-order valence-electron chi connectivity index (χ0n) is 12.6. The number of halogens is 2. The van der Waals surface area contributed by atoms with Gasteiger partial charge in [-0.2, -0.15) is 0 Å². The van der Waals surface area contributed by atoms with Crippen LogP contribution in [0.15, 0.2) is 45.8 Å². The Bertz CT molecular complexity index is 941. The highest BCUT2D eigenvalue weighted by Gasteiger charge is 2.15. The lowest BCUT2D eigenvalue weighted by atomic mass is 10.2. The number of sulfone groups is 1. The number of amides is 1. The van der Waals surface area contributed by atoms with Gasteiger partial charge in [-0.15, -0.1) is 0 Å². The van der Waals surface area contributed by atoms with Crippen molar-refractivity contribution in [3.63, 3.8) is 0 Å². The van der Waals surface area contributed by atoms with Crippen molar-refractivity contribution >= 4 is 37.4 Å². The van der Waals surface area contributed by atoms with Gasteiger partial charge in [0.1, 0.15) is 21.3 Å². The number of carbonyl (C=O) groups excluding carboxylic acids is 1. The van der Waals surface area contributed by atoms with Crippen LogP contribution in [0.3, 0.4) is 0 Å². The van der Waals surface area contributed by atoms with Gasteiger partial charge >= 0.3 is 0 Å². The predicted molar refractivity (Wildman–Crippen MR) is 92.5 cm³/mol. The monoisotopic (exact) mass is 416 g/mol. The van der Waals surface area contributed by atoms with E-state index in [1.54, 1.807) is 0 Å². The van der Waals surface area contributed by atoms with Crippen molar-refractivity contribution in [1.82, 2.24) is 4.57 Å². The third-order valence-electron chi connectivity index (χ3n) is 3.14. The molecule has 0 aliphatic carbocycles. The van der Waals surface area contributed by atoms with Crippen LogP contribution in [0, 0.1) is 5.82 Å². The second kappa shape index (κ2) is 7.27. The molecule has 0 saturated carbocycles. The smallest absolute Gasteiger partial charge is 0.274 e. The summed E-state index contributed by atoms with van der Waals surface area (Å²) in [6.45, 7) is -0.0351. The van der Waals surface area contributed by atoms with Crippen molar-refractivity contribution in [3.05, 3.63) is 62.7 Å². The molecule has 1 N–H and O–H groups in total. The number of hydrogen-bond acceptors (Lipinski definition) is 4. The number of carbonyl (C=O) groups is 1. The minimum Gasteiger partial charge on any atom is -0.317 e. The van der Waals surface area contributed by atoms with E-state index in [0.717, 1.165) is 12.3 Å². The first kappa shape index (κ1) is 18.3. The number of aromatic nitrogens is 1.